The number of hydrogen-bond donors (Lipinski definition) is 1. The van der Waals surface area contributed by atoms with Crippen LogP contribution < -0.4 is 10.2 Å². The number of nitrogens with one attached hydrogen (secondary N) is 1. The zero-order chi connectivity index (χ0) is 20.6. The van der Waals surface area contributed by atoms with Crippen molar-refractivity contribution in [1.29, 1.82) is 0 Å². The van der Waals surface area contributed by atoms with E-state index >= 15 is 0 Å². The van der Waals surface area contributed by atoms with E-state index in [-0.39, 0.29) is 31.0 Å². The van der Waals surface area contributed by atoms with Gasteiger partial charge in [0.2, 0.25) is 0 Å². The molecule has 2 aromatic carbocycles. The molecule has 1 unspecified atom stereocenters. The first-order chi connectivity index (χ1) is 14.1. The predicted octanol–water partition coefficient (Wildman–Crippen LogP) is 3.92. The van der Waals surface area contributed by atoms with Gasteiger partial charge < -0.3 is 19.9 Å². The van der Waals surface area contributed by atoms with Crippen LogP contribution in [0.25, 0.3) is 0 Å². The van der Waals surface area contributed by atoms with E-state index in [4.69, 9.17) is 11.2 Å². The second kappa shape index (κ2) is 9.94. The third kappa shape index (κ3) is 5.49. The Morgan fingerprint density at radius 3 is 2.76 bits per heavy atom. The molecule has 1 saturated heterocycles. The van der Waals surface area contributed by atoms with Crippen LogP contribution in [0.15, 0.2) is 48.5 Å². The first-order valence-electron chi connectivity index (χ1n) is 9.73. The summed E-state index contributed by atoms with van der Waals surface area (Å²) >= 11 is 0. The Hall–Kier alpha value is -3.04. The summed E-state index contributed by atoms with van der Waals surface area (Å²) in [6.45, 7) is 1.61. The van der Waals surface area contributed by atoms with Crippen LogP contribution in [0.1, 0.15) is 18.4 Å². The number of terminal acetylenes is 1. The molecule has 2 amide bonds. The molecular formula is C23H26FN3O2. The standard InChI is InChI=1S/C23H26FN3O2/c1-3-13-27(17-20-10-7-14-29-20)23(28)25-16-18-11-12-22(21(24)15-18)26(2)19-8-5-4-6-9-19/h1,4-6,8-9,11-12,15,20H,7,10,13-14,16-17H2,2H3,(H,25,28). The summed E-state index contributed by atoms with van der Waals surface area (Å²) in [7, 11) is 1.82. The Morgan fingerprint density at radius 1 is 1.31 bits per heavy atom. The van der Waals surface area contributed by atoms with E-state index in [2.05, 4.69) is 11.2 Å². The van der Waals surface area contributed by atoms with Crippen LogP contribution in [0, 0.1) is 18.2 Å². The zero-order valence-corrected chi connectivity index (χ0v) is 16.6. The SMILES string of the molecule is C#CCN(CC1CCCO1)C(=O)NCc1ccc(N(C)c2ccccc2)c(F)c1. The quantitative estimate of drug-likeness (QED) is 0.723. The van der Waals surface area contributed by atoms with Crippen molar-refractivity contribution in [3.8, 4) is 12.3 Å². The fourth-order valence-electron chi connectivity index (χ4n) is 3.38. The number of carbonyl (C=O) groups is 1. The average molecular weight is 395 g/mol. The molecule has 5 nitrogen and oxygen atoms in total. The van der Waals surface area contributed by atoms with Crippen molar-refractivity contribution in [2.24, 2.45) is 0 Å². The largest absolute Gasteiger partial charge is 0.376 e. The van der Waals surface area contributed by atoms with E-state index in [0.717, 1.165) is 25.1 Å². The monoisotopic (exact) mass is 395 g/mol. The normalized spacial score (nSPS) is 15.6. The number of benzene rings is 2. The van der Waals surface area contributed by atoms with E-state index in [1.807, 2.05) is 43.4 Å². The number of rotatable bonds is 7. The van der Waals surface area contributed by atoms with E-state index < -0.39 is 0 Å². The van der Waals surface area contributed by atoms with Crippen LogP contribution in [0.4, 0.5) is 20.6 Å². The van der Waals surface area contributed by atoms with Crippen molar-refractivity contribution in [2.75, 3.05) is 31.6 Å². The number of carbonyl (C=O) groups excluding carboxylic acids is 1. The predicted molar refractivity (Wildman–Crippen MR) is 113 cm³/mol. The van der Waals surface area contributed by atoms with Crippen LogP contribution in [0.3, 0.4) is 0 Å². The van der Waals surface area contributed by atoms with Crippen molar-refractivity contribution < 1.29 is 13.9 Å². The van der Waals surface area contributed by atoms with E-state index in [1.54, 1.807) is 15.9 Å². The highest BCUT2D eigenvalue weighted by molar-refractivity contribution is 5.74. The Kier molecular flexibility index (Phi) is 7.09. The molecule has 152 valence electrons. The molecule has 1 fully saturated rings. The maximum Gasteiger partial charge on any atom is 0.318 e. The van der Waals surface area contributed by atoms with Gasteiger partial charge in [0.25, 0.3) is 0 Å². The second-order valence-electron chi connectivity index (χ2n) is 7.06. The summed E-state index contributed by atoms with van der Waals surface area (Å²) in [5.74, 6) is 2.16. The highest BCUT2D eigenvalue weighted by atomic mass is 19.1. The third-order valence-corrected chi connectivity index (χ3v) is 4.98. The lowest BCUT2D eigenvalue weighted by molar-refractivity contribution is 0.0845. The fraction of sp³-hybridized carbons (Fsp3) is 0.348. The molecule has 0 aliphatic carbocycles. The molecule has 0 radical (unpaired) electrons. The molecule has 0 bridgehead atoms. The summed E-state index contributed by atoms with van der Waals surface area (Å²) in [6.07, 6.45) is 7.35. The van der Waals surface area contributed by atoms with Gasteiger partial charge in [0.1, 0.15) is 5.82 Å². The summed E-state index contributed by atoms with van der Waals surface area (Å²) in [6, 6.07) is 14.3. The number of ether oxygens (including phenoxy) is 1. The maximum atomic E-state index is 14.7. The van der Waals surface area contributed by atoms with Crippen LogP contribution >= 0.6 is 0 Å². The molecule has 0 saturated carbocycles. The summed E-state index contributed by atoms with van der Waals surface area (Å²) in [5, 5.41) is 2.82. The van der Waals surface area contributed by atoms with Crippen LogP contribution in [-0.4, -0.2) is 43.8 Å². The van der Waals surface area contributed by atoms with Crippen LogP contribution in [0.5, 0.6) is 0 Å². The molecule has 0 aromatic heterocycles. The number of amides is 2. The van der Waals surface area contributed by atoms with E-state index in [1.165, 1.54) is 6.07 Å². The van der Waals surface area contributed by atoms with Crippen molar-refractivity contribution >= 4 is 17.4 Å². The second-order valence-corrected chi connectivity index (χ2v) is 7.06. The van der Waals surface area contributed by atoms with Crippen molar-refractivity contribution in [3.63, 3.8) is 0 Å². The van der Waals surface area contributed by atoms with E-state index in [9.17, 15) is 9.18 Å². The third-order valence-electron chi connectivity index (χ3n) is 4.98. The van der Waals surface area contributed by atoms with Gasteiger partial charge in [-0.15, -0.1) is 6.42 Å². The first kappa shape index (κ1) is 20.7. The van der Waals surface area contributed by atoms with Gasteiger partial charge in [-0.25, -0.2) is 9.18 Å². The number of halogens is 1. The van der Waals surface area contributed by atoms with Crippen molar-refractivity contribution in [1.82, 2.24) is 10.2 Å². The molecular weight excluding hydrogens is 369 g/mol. The zero-order valence-electron chi connectivity index (χ0n) is 16.6. The summed E-state index contributed by atoms with van der Waals surface area (Å²) in [5.41, 5.74) is 2.05. The number of anilines is 2. The molecule has 1 aliphatic rings. The van der Waals surface area contributed by atoms with E-state index in [0.29, 0.717) is 17.8 Å². The number of hydrogen-bond acceptors (Lipinski definition) is 3. The van der Waals surface area contributed by atoms with Crippen LogP contribution in [0.2, 0.25) is 0 Å². The molecule has 1 N–H and O–H groups in total. The smallest absolute Gasteiger partial charge is 0.318 e. The van der Waals surface area contributed by atoms with Crippen molar-refractivity contribution in [2.45, 2.75) is 25.5 Å². The lowest BCUT2D eigenvalue weighted by atomic mass is 10.1. The van der Waals surface area contributed by atoms with Gasteiger partial charge in [0.05, 0.1) is 18.3 Å². The number of nitrogens with zero attached hydrogens (tertiary/aromatic N) is 2. The lowest BCUT2D eigenvalue weighted by Crippen LogP contribution is -2.43. The topological polar surface area (TPSA) is 44.8 Å². The molecule has 3 rings (SSSR count). The molecule has 6 heteroatoms. The van der Waals surface area contributed by atoms with Gasteiger partial charge in [0.15, 0.2) is 0 Å². The van der Waals surface area contributed by atoms with Gasteiger partial charge in [-0.3, -0.25) is 0 Å². The average Bonchev–Trinajstić information content (AvgIpc) is 3.25. The van der Waals surface area contributed by atoms with Gasteiger partial charge in [-0.05, 0) is 42.7 Å². The Bertz CT molecular complexity index is 860. The van der Waals surface area contributed by atoms with Gasteiger partial charge in [-0.1, -0.05) is 30.2 Å². The fourth-order valence-corrected chi connectivity index (χ4v) is 3.38. The minimum Gasteiger partial charge on any atom is -0.376 e. The Balaban J connectivity index is 1.60. The highest BCUT2D eigenvalue weighted by Gasteiger charge is 2.22. The van der Waals surface area contributed by atoms with Gasteiger partial charge in [0, 0.05) is 32.4 Å². The minimum atomic E-state index is -0.345. The molecule has 1 aliphatic heterocycles. The van der Waals surface area contributed by atoms with Crippen molar-refractivity contribution in [3.05, 3.63) is 59.9 Å². The molecule has 0 spiro atoms. The summed E-state index contributed by atoms with van der Waals surface area (Å²) in [4.78, 5) is 15.8. The molecule has 1 atom stereocenters. The molecule has 2 aromatic rings. The first-order valence-corrected chi connectivity index (χ1v) is 9.73. The molecule has 1 heterocycles. The van der Waals surface area contributed by atoms with Gasteiger partial charge >= 0.3 is 6.03 Å². The minimum absolute atomic E-state index is 0.0272. The maximum absolute atomic E-state index is 14.7. The lowest BCUT2D eigenvalue weighted by Gasteiger charge is -2.24. The summed E-state index contributed by atoms with van der Waals surface area (Å²) < 4.78 is 20.2. The highest BCUT2D eigenvalue weighted by Crippen LogP contribution is 2.26. The molecule has 29 heavy (non-hydrogen) atoms. The van der Waals surface area contributed by atoms with Crippen LogP contribution in [-0.2, 0) is 11.3 Å². The number of para-hydroxylation sites is 1. The Labute approximate surface area is 171 Å². The number of urea groups is 1. The Morgan fingerprint density at radius 2 is 2.10 bits per heavy atom. The van der Waals surface area contributed by atoms with Gasteiger partial charge in [-0.2, -0.15) is 0 Å².